The second-order valence-corrected chi connectivity index (χ2v) is 8.73. The van der Waals surface area contributed by atoms with E-state index in [-0.39, 0.29) is 44.4 Å². The van der Waals surface area contributed by atoms with Gasteiger partial charge in [0, 0.05) is 36.0 Å². The first-order chi connectivity index (χ1) is 16.7. The number of hydrogen-bond donors (Lipinski definition) is 2. The van der Waals surface area contributed by atoms with Crippen LogP contribution >= 0.6 is 0 Å². The van der Waals surface area contributed by atoms with Gasteiger partial charge >= 0.3 is 0 Å². The van der Waals surface area contributed by atoms with Crippen molar-refractivity contribution in [3.05, 3.63) is 47.9 Å². The van der Waals surface area contributed by atoms with E-state index in [9.17, 15) is 26.0 Å². The van der Waals surface area contributed by atoms with Gasteiger partial charge < -0.3 is 14.5 Å². The molecule has 2 N–H and O–H groups in total. The van der Waals surface area contributed by atoms with Crippen LogP contribution in [-0.4, -0.2) is 53.8 Å². The molecule has 0 atom stereocenters. The van der Waals surface area contributed by atoms with Crippen LogP contribution in [0.1, 0.15) is 17.6 Å². The van der Waals surface area contributed by atoms with Gasteiger partial charge in [-0.05, 0) is 6.07 Å². The van der Waals surface area contributed by atoms with Gasteiger partial charge in [0.05, 0.1) is 31.0 Å². The van der Waals surface area contributed by atoms with E-state index in [1.54, 1.807) is 0 Å². The van der Waals surface area contributed by atoms with Crippen molar-refractivity contribution < 1.29 is 35.5 Å². The Morgan fingerprint density at radius 3 is 2.34 bits per heavy atom. The molecule has 1 aromatic carbocycles. The average molecular weight is 514 g/mol. The Labute approximate surface area is 196 Å². The molecule has 4 rings (SSSR count). The maximum atomic E-state index is 13.7. The molecule has 4 aromatic rings. The fraction of sp³-hybridized carbons (Fsp3) is 0.250. The summed E-state index contributed by atoms with van der Waals surface area (Å²) in [5.74, 6) is -1.09. The van der Waals surface area contributed by atoms with Crippen molar-refractivity contribution in [2.45, 2.75) is 24.2 Å². The molecule has 0 radical (unpaired) electrons. The minimum Gasteiger partial charge on any atom is -0.481 e. The summed E-state index contributed by atoms with van der Waals surface area (Å²) in [5.41, 5.74) is -0.397. The normalized spacial score (nSPS) is 12.0. The molecule has 0 aliphatic heterocycles. The number of methoxy groups -OCH3 is 2. The number of nitrogens with one attached hydrogen (secondary N) is 2. The number of H-pyrrole nitrogens is 1. The number of rotatable bonds is 9. The maximum absolute atomic E-state index is 13.7. The summed E-state index contributed by atoms with van der Waals surface area (Å²) in [4.78, 5) is 10.2. The van der Waals surface area contributed by atoms with Crippen molar-refractivity contribution in [2.24, 2.45) is 0 Å². The number of alkyl halides is 4. The first-order valence-corrected chi connectivity index (χ1v) is 11.4. The summed E-state index contributed by atoms with van der Waals surface area (Å²) >= 11 is 0. The Balaban J connectivity index is 1.79. The lowest BCUT2D eigenvalue weighted by atomic mass is 10.1. The highest BCUT2D eigenvalue weighted by atomic mass is 32.2. The molecule has 0 aliphatic carbocycles. The van der Waals surface area contributed by atoms with Crippen molar-refractivity contribution in [2.75, 3.05) is 18.9 Å². The van der Waals surface area contributed by atoms with Crippen LogP contribution in [0.3, 0.4) is 0 Å². The molecule has 10 nitrogen and oxygen atoms in total. The topological polar surface area (TPSA) is 124 Å². The van der Waals surface area contributed by atoms with Crippen molar-refractivity contribution in [1.82, 2.24) is 24.7 Å². The van der Waals surface area contributed by atoms with E-state index in [1.165, 1.54) is 43.4 Å². The van der Waals surface area contributed by atoms with Crippen LogP contribution in [0.5, 0.6) is 11.8 Å². The molecule has 0 fully saturated rings. The van der Waals surface area contributed by atoms with Crippen molar-refractivity contribution in [3.63, 3.8) is 0 Å². The first kappa shape index (κ1) is 24.3. The third-order valence-corrected chi connectivity index (χ3v) is 6.35. The average Bonchev–Trinajstić information content (AvgIpc) is 3.48. The zero-order chi connectivity index (χ0) is 25.3. The molecule has 0 saturated carbocycles. The molecule has 186 valence electrons. The maximum Gasteiger partial charge on any atom is 0.266 e. The summed E-state index contributed by atoms with van der Waals surface area (Å²) in [5, 5.41) is 4.08. The van der Waals surface area contributed by atoms with Crippen molar-refractivity contribution >= 4 is 26.9 Å². The number of hydrogen-bond acceptors (Lipinski definition) is 7. The van der Waals surface area contributed by atoms with Gasteiger partial charge in [0.25, 0.3) is 16.4 Å². The lowest BCUT2D eigenvalue weighted by molar-refractivity contribution is 0.146. The summed E-state index contributed by atoms with van der Waals surface area (Å²) in [6.07, 6.45) is -2.41. The van der Waals surface area contributed by atoms with Crippen molar-refractivity contribution in [3.8, 4) is 17.4 Å². The van der Waals surface area contributed by atoms with Gasteiger partial charge in [0.1, 0.15) is 4.90 Å². The first-order valence-electron chi connectivity index (χ1n) is 9.88. The van der Waals surface area contributed by atoms with Gasteiger partial charge in [-0.3, -0.25) is 0 Å². The number of anilines is 1. The fourth-order valence-corrected chi connectivity index (χ4v) is 4.67. The Bertz CT molecular complexity index is 1430. The minimum absolute atomic E-state index is 0.0140. The molecule has 3 heterocycles. The molecule has 0 amide bonds. The Kier molecular flexibility index (Phi) is 6.51. The second-order valence-electron chi connectivity index (χ2n) is 7.08. The Morgan fingerprint density at radius 2 is 1.80 bits per heavy atom. The van der Waals surface area contributed by atoms with E-state index >= 15 is 0 Å². The van der Waals surface area contributed by atoms with Gasteiger partial charge in [-0.15, -0.1) is 0 Å². The van der Waals surface area contributed by atoms with Crippen LogP contribution in [-0.2, 0) is 16.4 Å². The third kappa shape index (κ3) is 4.58. The van der Waals surface area contributed by atoms with Gasteiger partial charge in [0.2, 0.25) is 24.1 Å². The molecular weight excluding hydrogens is 496 g/mol. The van der Waals surface area contributed by atoms with Crippen LogP contribution in [0.2, 0.25) is 0 Å². The zero-order valence-corrected chi connectivity index (χ0v) is 19.0. The number of nitrogens with zero attached hydrogens (tertiary/aromatic N) is 4. The number of aromatic nitrogens is 5. The summed E-state index contributed by atoms with van der Waals surface area (Å²) in [6.45, 7) is 0. The highest BCUT2D eigenvalue weighted by molar-refractivity contribution is 7.93. The lowest BCUT2D eigenvalue weighted by Crippen LogP contribution is -2.16. The Morgan fingerprint density at radius 1 is 1.11 bits per heavy atom. The molecule has 0 bridgehead atoms. The van der Waals surface area contributed by atoms with Crippen LogP contribution in [0.15, 0.2) is 41.7 Å². The molecular formula is C20H18F4N6O4S. The van der Waals surface area contributed by atoms with Crippen molar-refractivity contribution in [1.29, 1.82) is 0 Å². The lowest BCUT2D eigenvalue weighted by Gasteiger charge is -2.14. The molecule has 0 spiro atoms. The minimum atomic E-state index is -4.38. The number of ether oxygens (including phenoxy) is 2. The van der Waals surface area contributed by atoms with E-state index in [1.807, 2.05) is 0 Å². The quantitative estimate of drug-likeness (QED) is 0.327. The molecule has 15 heteroatoms. The van der Waals surface area contributed by atoms with Crippen LogP contribution < -0.4 is 14.2 Å². The van der Waals surface area contributed by atoms with E-state index in [2.05, 4.69) is 24.8 Å². The highest BCUT2D eigenvalue weighted by Gasteiger charge is 2.27. The number of benzene rings is 1. The number of fused-ring (bicyclic) bond motifs is 1. The third-order valence-electron chi connectivity index (χ3n) is 4.98. The number of aromatic amines is 1. The van der Waals surface area contributed by atoms with E-state index in [0.29, 0.717) is 0 Å². The molecule has 3 aromatic heterocycles. The van der Waals surface area contributed by atoms with E-state index < -0.39 is 35.2 Å². The number of halogens is 4. The summed E-state index contributed by atoms with van der Waals surface area (Å²) < 4.78 is 92.9. The fourth-order valence-electron chi connectivity index (χ4n) is 3.55. The van der Waals surface area contributed by atoms with Crippen LogP contribution in [0, 0.1) is 0 Å². The van der Waals surface area contributed by atoms with Gasteiger partial charge in [-0.2, -0.15) is 15.1 Å². The van der Waals surface area contributed by atoms with Gasteiger partial charge in [-0.1, -0.05) is 12.1 Å². The zero-order valence-electron chi connectivity index (χ0n) is 18.2. The van der Waals surface area contributed by atoms with E-state index in [4.69, 9.17) is 9.47 Å². The molecule has 0 aliphatic rings. The monoisotopic (exact) mass is 514 g/mol. The van der Waals surface area contributed by atoms with Crippen LogP contribution in [0.25, 0.3) is 16.6 Å². The predicted octanol–water partition coefficient (Wildman–Crippen LogP) is 3.71. The number of sulfonamides is 1. The standard InChI is InChI=1S/C20H18F4N6O4S/c1-33-18-12(8-14(21)22)19(34-2)28-20(27-18)29-35(31,32)13-9-25-15-10(13)4-5-11(17(23)24)16(15)30-7-3-6-26-30/h3-7,9,14,17,25H,8H2,1-2H3,(H,27,28,29). The Hall–Kier alpha value is -3.88. The summed E-state index contributed by atoms with van der Waals surface area (Å²) in [7, 11) is -2.04. The molecule has 0 unspecified atom stereocenters. The largest absolute Gasteiger partial charge is 0.481 e. The second kappa shape index (κ2) is 9.40. The van der Waals surface area contributed by atoms with Crippen LogP contribution in [0.4, 0.5) is 23.5 Å². The predicted molar refractivity (Wildman–Crippen MR) is 116 cm³/mol. The SMILES string of the molecule is COc1nc(NS(=O)(=O)c2c[nH]c3c(-n4cccn4)c(C(F)F)ccc23)nc(OC)c1CC(F)F. The molecule has 0 saturated heterocycles. The summed E-state index contributed by atoms with van der Waals surface area (Å²) in [6, 6.07) is 3.88. The highest BCUT2D eigenvalue weighted by Crippen LogP contribution is 2.35. The van der Waals surface area contributed by atoms with Gasteiger partial charge in [-0.25, -0.2) is 35.4 Å². The van der Waals surface area contributed by atoms with E-state index in [0.717, 1.165) is 12.3 Å². The van der Waals surface area contributed by atoms with Gasteiger partial charge in [0.15, 0.2) is 0 Å². The smallest absolute Gasteiger partial charge is 0.266 e. The molecule has 35 heavy (non-hydrogen) atoms.